The van der Waals surface area contributed by atoms with E-state index < -0.39 is 10.0 Å². The number of hydrogen-bond donors (Lipinski definition) is 3. The zero-order chi connectivity index (χ0) is 15.0. The molecular weight excluding hydrogens is 288 g/mol. The molecule has 0 atom stereocenters. The third kappa shape index (κ3) is 2.72. The van der Waals surface area contributed by atoms with Gasteiger partial charge in [-0.1, -0.05) is 24.3 Å². The minimum atomic E-state index is -3.64. The number of nitrogens with one attached hydrogen (secondary N) is 1. The Bertz CT molecular complexity index is 762. The standard InChI is InChI=1S/C15H16N2O3S/c16-14-9-13(5-6-15(14)18)21(19,20)17-12-7-10-3-1-2-4-11(10)8-12/h1-6,9,12,17-18H,7-8,16H2. The number of phenols is 1. The average Bonchev–Trinajstić information content (AvgIpc) is 2.82. The third-order valence-corrected chi connectivity index (χ3v) is 5.20. The van der Waals surface area contributed by atoms with Crippen molar-refractivity contribution in [3.63, 3.8) is 0 Å². The fraction of sp³-hybridized carbons (Fsp3) is 0.200. The van der Waals surface area contributed by atoms with Crippen LogP contribution in [0.1, 0.15) is 11.1 Å². The number of sulfonamides is 1. The molecule has 0 bridgehead atoms. The quantitative estimate of drug-likeness (QED) is 0.590. The highest BCUT2D eigenvalue weighted by molar-refractivity contribution is 7.89. The molecule has 0 heterocycles. The molecule has 2 aromatic carbocycles. The monoisotopic (exact) mass is 304 g/mol. The molecule has 110 valence electrons. The summed E-state index contributed by atoms with van der Waals surface area (Å²) >= 11 is 0. The summed E-state index contributed by atoms with van der Waals surface area (Å²) in [6.07, 6.45) is 1.37. The highest BCUT2D eigenvalue weighted by Crippen LogP contribution is 2.25. The first-order chi connectivity index (χ1) is 9.95. The van der Waals surface area contributed by atoms with Crippen LogP contribution in [0.4, 0.5) is 5.69 Å². The molecule has 0 aliphatic heterocycles. The van der Waals surface area contributed by atoms with Crippen molar-refractivity contribution in [2.75, 3.05) is 5.73 Å². The molecule has 21 heavy (non-hydrogen) atoms. The van der Waals surface area contributed by atoms with Crippen LogP contribution in [0.15, 0.2) is 47.4 Å². The zero-order valence-electron chi connectivity index (χ0n) is 11.3. The van der Waals surface area contributed by atoms with Crippen LogP contribution >= 0.6 is 0 Å². The Kier molecular flexibility index (Phi) is 3.35. The van der Waals surface area contributed by atoms with Crippen LogP contribution in [-0.2, 0) is 22.9 Å². The number of fused-ring (bicyclic) bond motifs is 1. The molecule has 0 amide bonds. The van der Waals surface area contributed by atoms with Gasteiger partial charge in [0.25, 0.3) is 0 Å². The molecule has 0 aromatic heterocycles. The molecule has 3 rings (SSSR count). The summed E-state index contributed by atoms with van der Waals surface area (Å²) in [5, 5.41) is 9.37. The second kappa shape index (κ2) is 5.05. The molecule has 0 spiro atoms. The van der Waals surface area contributed by atoms with Gasteiger partial charge in [0.15, 0.2) is 0 Å². The first-order valence-electron chi connectivity index (χ1n) is 6.63. The summed E-state index contributed by atoms with van der Waals surface area (Å²) in [6, 6.07) is 11.7. The van der Waals surface area contributed by atoms with Crippen molar-refractivity contribution < 1.29 is 13.5 Å². The van der Waals surface area contributed by atoms with Gasteiger partial charge in [0.2, 0.25) is 10.0 Å². The summed E-state index contributed by atoms with van der Waals surface area (Å²) in [5.74, 6) is -0.123. The maximum Gasteiger partial charge on any atom is 0.240 e. The van der Waals surface area contributed by atoms with Crippen LogP contribution in [0, 0.1) is 0 Å². The summed E-state index contributed by atoms with van der Waals surface area (Å²) < 4.78 is 27.4. The van der Waals surface area contributed by atoms with Gasteiger partial charge in [-0.25, -0.2) is 13.1 Å². The summed E-state index contributed by atoms with van der Waals surface area (Å²) in [7, 11) is -3.64. The third-order valence-electron chi connectivity index (χ3n) is 3.68. The molecule has 6 heteroatoms. The highest BCUT2D eigenvalue weighted by atomic mass is 32.2. The maximum absolute atomic E-state index is 12.4. The Morgan fingerprint density at radius 3 is 2.29 bits per heavy atom. The van der Waals surface area contributed by atoms with E-state index in [2.05, 4.69) is 4.72 Å². The summed E-state index contributed by atoms with van der Waals surface area (Å²) in [5.41, 5.74) is 7.95. The van der Waals surface area contributed by atoms with Gasteiger partial charge < -0.3 is 10.8 Å². The average molecular weight is 304 g/mol. The van der Waals surface area contributed by atoms with Gasteiger partial charge in [-0.3, -0.25) is 0 Å². The molecule has 4 N–H and O–H groups in total. The molecule has 2 aromatic rings. The Hall–Kier alpha value is -2.05. The molecule has 1 aliphatic rings. The van der Waals surface area contributed by atoms with Crippen LogP contribution in [0.2, 0.25) is 0 Å². The molecule has 0 saturated heterocycles. The predicted molar refractivity (Wildman–Crippen MR) is 80.5 cm³/mol. The van der Waals surface area contributed by atoms with Crippen molar-refractivity contribution in [3.8, 4) is 5.75 Å². The Morgan fingerprint density at radius 1 is 1.10 bits per heavy atom. The Balaban J connectivity index is 1.80. The number of anilines is 1. The molecular formula is C15H16N2O3S. The lowest BCUT2D eigenvalue weighted by molar-refractivity contribution is 0.477. The topological polar surface area (TPSA) is 92.4 Å². The lowest BCUT2D eigenvalue weighted by Gasteiger charge is -2.13. The molecule has 0 radical (unpaired) electrons. The van der Waals surface area contributed by atoms with Crippen molar-refractivity contribution in [1.82, 2.24) is 4.72 Å². The Labute approximate surface area is 123 Å². The number of rotatable bonds is 3. The van der Waals surface area contributed by atoms with E-state index in [-0.39, 0.29) is 22.4 Å². The van der Waals surface area contributed by atoms with Crippen molar-refractivity contribution in [1.29, 1.82) is 0 Å². The van der Waals surface area contributed by atoms with Gasteiger partial charge in [-0.2, -0.15) is 0 Å². The van der Waals surface area contributed by atoms with E-state index in [9.17, 15) is 13.5 Å². The molecule has 0 saturated carbocycles. The summed E-state index contributed by atoms with van der Waals surface area (Å²) in [4.78, 5) is 0.0637. The lowest BCUT2D eigenvalue weighted by Crippen LogP contribution is -2.35. The van der Waals surface area contributed by atoms with Crippen molar-refractivity contribution in [2.45, 2.75) is 23.8 Å². The Morgan fingerprint density at radius 2 is 1.71 bits per heavy atom. The van der Waals surface area contributed by atoms with E-state index in [0.717, 1.165) is 0 Å². The minimum Gasteiger partial charge on any atom is -0.506 e. The first kappa shape index (κ1) is 13.9. The number of nitrogens with two attached hydrogens (primary N) is 1. The number of nitrogen functional groups attached to an aromatic ring is 1. The van der Waals surface area contributed by atoms with Crippen molar-refractivity contribution in [2.24, 2.45) is 0 Å². The van der Waals surface area contributed by atoms with Gasteiger partial charge in [0.1, 0.15) is 5.75 Å². The fourth-order valence-corrected chi connectivity index (χ4v) is 3.90. The van der Waals surface area contributed by atoms with Crippen LogP contribution in [-0.4, -0.2) is 19.6 Å². The maximum atomic E-state index is 12.4. The van der Waals surface area contributed by atoms with Crippen LogP contribution in [0.25, 0.3) is 0 Å². The molecule has 5 nitrogen and oxygen atoms in total. The number of hydrogen-bond acceptors (Lipinski definition) is 4. The second-order valence-corrected chi connectivity index (χ2v) is 6.93. The van der Waals surface area contributed by atoms with Crippen LogP contribution < -0.4 is 10.5 Å². The van der Waals surface area contributed by atoms with E-state index >= 15 is 0 Å². The van der Waals surface area contributed by atoms with Gasteiger partial charge in [0.05, 0.1) is 10.6 Å². The fourth-order valence-electron chi connectivity index (χ4n) is 2.63. The van der Waals surface area contributed by atoms with Gasteiger partial charge in [0, 0.05) is 6.04 Å². The zero-order valence-corrected chi connectivity index (χ0v) is 12.1. The van der Waals surface area contributed by atoms with Crippen LogP contribution in [0.5, 0.6) is 5.75 Å². The largest absolute Gasteiger partial charge is 0.506 e. The number of phenolic OH excluding ortho intramolecular Hbond substituents is 1. The van der Waals surface area contributed by atoms with Crippen LogP contribution in [0.3, 0.4) is 0 Å². The highest BCUT2D eigenvalue weighted by Gasteiger charge is 2.26. The van der Waals surface area contributed by atoms with Crippen molar-refractivity contribution in [3.05, 3.63) is 53.6 Å². The van der Waals surface area contributed by atoms with E-state index in [4.69, 9.17) is 5.73 Å². The van der Waals surface area contributed by atoms with Gasteiger partial charge in [-0.05, 0) is 42.2 Å². The van der Waals surface area contributed by atoms with Gasteiger partial charge in [-0.15, -0.1) is 0 Å². The number of aromatic hydroxyl groups is 1. The van der Waals surface area contributed by atoms with E-state index in [1.165, 1.54) is 29.3 Å². The first-order valence-corrected chi connectivity index (χ1v) is 8.11. The van der Waals surface area contributed by atoms with Gasteiger partial charge >= 0.3 is 0 Å². The van der Waals surface area contributed by atoms with E-state index in [1.807, 2.05) is 24.3 Å². The molecule has 0 fully saturated rings. The second-order valence-electron chi connectivity index (χ2n) is 5.22. The smallest absolute Gasteiger partial charge is 0.240 e. The van der Waals surface area contributed by atoms with Crippen molar-refractivity contribution >= 4 is 15.7 Å². The lowest BCUT2D eigenvalue weighted by atomic mass is 10.1. The number of benzene rings is 2. The SMILES string of the molecule is Nc1cc(S(=O)(=O)NC2Cc3ccccc3C2)ccc1O. The normalized spacial score (nSPS) is 15.0. The predicted octanol–water partition coefficient (Wildman–Crippen LogP) is 1.42. The van der Waals surface area contributed by atoms with E-state index in [0.29, 0.717) is 12.8 Å². The van der Waals surface area contributed by atoms with E-state index in [1.54, 1.807) is 0 Å². The summed E-state index contributed by atoms with van der Waals surface area (Å²) in [6.45, 7) is 0. The molecule has 1 aliphatic carbocycles. The minimum absolute atomic E-state index is 0.0487. The molecule has 0 unspecified atom stereocenters.